The Labute approximate surface area is 169 Å². The van der Waals surface area contributed by atoms with E-state index >= 15 is 0 Å². The minimum atomic E-state index is 0.0794. The average molecular weight is 388 g/mol. The number of aromatic nitrogens is 3. The second-order valence-corrected chi connectivity index (χ2v) is 9.03. The summed E-state index contributed by atoms with van der Waals surface area (Å²) in [5.41, 5.74) is 3.50. The van der Waals surface area contributed by atoms with Crippen molar-refractivity contribution in [3.05, 3.63) is 53.9 Å². The number of ketones is 1. The zero-order valence-electron chi connectivity index (χ0n) is 16.8. The first-order chi connectivity index (χ1) is 13.9. The topological polar surface area (TPSA) is 67.6 Å². The highest BCUT2D eigenvalue weighted by atomic mass is 16.2. The van der Waals surface area contributed by atoms with Crippen molar-refractivity contribution in [2.75, 3.05) is 13.1 Å². The summed E-state index contributed by atoms with van der Waals surface area (Å²) in [6.45, 7) is 5.94. The molecule has 0 spiro atoms. The lowest BCUT2D eigenvalue weighted by molar-refractivity contribution is -0.119. The molecular weight excluding hydrogens is 364 g/mol. The quantitative estimate of drug-likeness (QED) is 0.672. The summed E-state index contributed by atoms with van der Waals surface area (Å²) in [5, 5.41) is 4.57. The van der Waals surface area contributed by atoms with Crippen molar-refractivity contribution in [1.29, 1.82) is 0 Å². The van der Waals surface area contributed by atoms with Gasteiger partial charge in [-0.3, -0.25) is 9.59 Å². The molecule has 0 radical (unpaired) electrons. The Morgan fingerprint density at radius 3 is 2.45 bits per heavy atom. The van der Waals surface area contributed by atoms with E-state index < -0.39 is 0 Å². The lowest BCUT2D eigenvalue weighted by atomic mass is 9.84. The Hall–Kier alpha value is -3.02. The minimum Gasteiger partial charge on any atom is -0.337 e. The third-order valence-corrected chi connectivity index (χ3v) is 5.72. The van der Waals surface area contributed by atoms with Gasteiger partial charge in [0.25, 0.3) is 5.91 Å². The summed E-state index contributed by atoms with van der Waals surface area (Å²) in [6, 6.07) is 13.4. The molecule has 5 rings (SSSR count). The number of hydrogen-bond acceptors (Lipinski definition) is 4. The third-order valence-electron chi connectivity index (χ3n) is 5.72. The lowest BCUT2D eigenvalue weighted by Gasteiger charge is -2.45. The van der Waals surface area contributed by atoms with Gasteiger partial charge in [-0.15, -0.1) is 0 Å². The average Bonchev–Trinajstić information content (AvgIpc) is 3.45. The molecule has 6 heteroatoms. The van der Waals surface area contributed by atoms with E-state index in [1.165, 1.54) is 0 Å². The van der Waals surface area contributed by atoms with Crippen LogP contribution in [0.3, 0.4) is 0 Å². The molecule has 2 aromatic heterocycles. The van der Waals surface area contributed by atoms with E-state index in [0.29, 0.717) is 17.8 Å². The van der Waals surface area contributed by atoms with Crippen molar-refractivity contribution >= 4 is 17.3 Å². The fourth-order valence-corrected chi connectivity index (χ4v) is 4.05. The van der Waals surface area contributed by atoms with Crippen molar-refractivity contribution < 1.29 is 9.59 Å². The summed E-state index contributed by atoms with van der Waals surface area (Å²) in [4.78, 5) is 31.1. The number of amides is 1. The normalized spacial score (nSPS) is 17.9. The second-order valence-electron chi connectivity index (χ2n) is 9.03. The van der Waals surface area contributed by atoms with Gasteiger partial charge in [0, 0.05) is 30.1 Å². The van der Waals surface area contributed by atoms with Crippen molar-refractivity contribution in [2.45, 2.75) is 33.1 Å². The van der Waals surface area contributed by atoms with Gasteiger partial charge in [0.05, 0.1) is 12.1 Å². The number of carbonyl (C=O) groups excluding carboxylic acids is 2. The molecule has 1 amide bonds. The Kier molecular flexibility index (Phi) is 4.05. The van der Waals surface area contributed by atoms with E-state index in [1.807, 2.05) is 47.4 Å². The van der Waals surface area contributed by atoms with Crippen LogP contribution in [-0.2, 0) is 11.2 Å². The van der Waals surface area contributed by atoms with Gasteiger partial charge >= 0.3 is 0 Å². The Morgan fingerprint density at radius 2 is 1.79 bits per heavy atom. The van der Waals surface area contributed by atoms with Crippen molar-refractivity contribution in [2.24, 2.45) is 11.3 Å². The largest absolute Gasteiger partial charge is 0.337 e. The van der Waals surface area contributed by atoms with Crippen LogP contribution in [0, 0.1) is 11.3 Å². The molecule has 2 fully saturated rings. The van der Waals surface area contributed by atoms with E-state index in [-0.39, 0.29) is 23.0 Å². The minimum absolute atomic E-state index is 0.0794. The van der Waals surface area contributed by atoms with Crippen LogP contribution >= 0.6 is 0 Å². The molecule has 1 saturated heterocycles. The van der Waals surface area contributed by atoms with E-state index in [2.05, 4.69) is 23.9 Å². The van der Waals surface area contributed by atoms with Crippen molar-refractivity contribution in [3.63, 3.8) is 0 Å². The summed E-state index contributed by atoms with van der Waals surface area (Å²) >= 11 is 0. The molecular formula is C23H24N4O2. The van der Waals surface area contributed by atoms with Crippen LogP contribution in [0.25, 0.3) is 16.9 Å². The highest BCUT2D eigenvalue weighted by Crippen LogP contribution is 2.31. The number of carbonyl (C=O) groups is 2. The molecule has 0 unspecified atom stereocenters. The maximum atomic E-state index is 12.6. The summed E-state index contributed by atoms with van der Waals surface area (Å²) in [6.07, 6.45) is 2.29. The molecule has 3 heterocycles. The van der Waals surface area contributed by atoms with E-state index in [9.17, 15) is 9.59 Å². The summed E-state index contributed by atoms with van der Waals surface area (Å²) < 4.78 is 1.78. The first-order valence-electron chi connectivity index (χ1n) is 10.2. The molecule has 148 valence electrons. The molecule has 1 aromatic carbocycles. The molecule has 0 N–H and O–H groups in total. The van der Waals surface area contributed by atoms with Crippen molar-refractivity contribution in [1.82, 2.24) is 19.5 Å². The highest BCUT2D eigenvalue weighted by Gasteiger charge is 2.37. The number of pyridine rings is 1. The predicted molar refractivity (Wildman–Crippen MR) is 110 cm³/mol. The number of hydrogen-bond donors (Lipinski definition) is 0. The molecule has 29 heavy (non-hydrogen) atoms. The van der Waals surface area contributed by atoms with Gasteiger partial charge in [0.15, 0.2) is 11.5 Å². The zero-order chi connectivity index (χ0) is 20.2. The maximum Gasteiger partial charge on any atom is 0.253 e. The second kappa shape index (κ2) is 6.51. The lowest BCUT2D eigenvalue weighted by Crippen LogP contribution is -2.55. The monoisotopic (exact) mass is 388 g/mol. The number of rotatable bonds is 5. The molecule has 0 bridgehead atoms. The number of Topliss-reactive ketones (excluding diaryl/α,β-unsaturated/α-hetero) is 1. The molecule has 6 nitrogen and oxygen atoms in total. The molecule has 1 aliphatic heterocycles. The number of nitrogens with zero attached hydrogens (tertiary/aromatic N) is 4. The Morgan fingerprint density at radius 1 is 1.07 bits per heavy atom. The highest BCUT2D eigenvalue weighted by molar-refractivity contribution is 5.95. The smallest absolute Gasteiger partial charge is 0.253 e. The predicted octanol–water partition coefficient (Wildman–Crippen LogP) is 3.40. The van der Waals surface area contributed by atoms with Crippen LogP contribution in [0.15, 0.2) is 42.5 Å². The van der Waals surface area contributed by atoms with Gasteiger partial charge in [-0.05, 0) is 42.5 Å². The molecule has 2 aliphatic rings. The van der Waals surface area contributed by atoms with Crippen LogP contribution < -0.4 is 0 Å². The van der Waals surface area contributed by atoms with Gasteiger partial charge in [0.1, 0.15) is 5.78 Å². The maximum absolute atomic E-state index is 12.6. The Balaban J connectivity index is 1.39. The van der Waals surface area contributed by atoms with Crippen LogP contribution in [-0.4, -0.2) is 44.3 Å². The van der Waals surface area contributed by atoms with Crippen LogP contribution in [0.2, 0.25) is 0 Å². The molecule has 1 saturated carbocycles. The van der Waals surface area contributed by atoms with Gasteiger partial charge in [0.2, 0.25) is 0 Å². The van der Waals surface area contributed by atoms with Gasteiger partial charge in [-0.2, -0.15) is 5.10 Å². The number of likely N-dealkylation sites (tertiary alicyclic amines) is 1. The van der Waals surface area contributed by atoms with Gasteiger partial charge < -0.3 is 4.90 Å². The fourth-order valence-electron chi connectivity index (χ4n) is 4.05. The summed E-state index contributed by atoms with van der Waals surface area (Å²) in [5.74, 6) is 1.10. The number of fused-ring (bicyclic) bond motifs is 1. The third kappa shape index (κ3) is 3.43. The zero-order valence-corrected chi connectivity index (χ0v) is 16.8. The van der Waals surface area contributed by atoms with Gasteiger partial charge in [-0.25, -0.2) is 9.50 Å². The van der Waals surface area contributed by atoms with Crippen LogP contribution in [0.1, 0.15) is 42.9 Å². The Bertz CT molecular complexity index is 1100. The van der Waals surface area contributed by atoms with E-state index in [1.54, 1.807) is 4.52 Å². The first kappa shape index (κ1) is 18.0. The van der Waals surface area contributed by atoms with Gasteiger partial charge in [-0.1, -0.05) is 32.0 Å². The standard InChI is InChI=1S/C23H24N4O2/c1-23(2)13-26(14-23)22(29)17-10-6-15(7-11-17)18-4-3-5-21-24-20(25-27(18)21)12-19(28)16-8-9-16/h3-7,10-11,16H,8-9,12-14H2,1-2H3. The van der Waals surface area contributed by atoms with E-state index in [0.717, 1.165) is 42.8 Å². The molecule has 3 aromatic rings. The first-order valence-corrected chi connectivity index (χ1v) is 10.2. The van der Waals surface area contributed by atoms with Crippen LogP contribution in [0.4, 0.5) is 0 Å². The van der Waals surface area contributed by atoms with E-state index in [4.69, 9.17) is 0 Å². The van der Waals surface area contributed by atoms with Crippen molar-refractivity contribution in [3.8, 4) is 11.3 Å². The summed E-state index contributed by atoms with van der Waals surface area (Å²) in [7, 11) is 0. The molecule has 0 atom stereocenters. The SMILES string of the molecule is CC1(C)CN(C(=O)c2ccc(-c3cccc4nc(CC(=O)C5CC5)nn34)cc2)C1. The number of benzene rings is 1. The molecule has 1 aliphatic carbocycles. The fraction of sp³-hybridized carbons (Fsp3) is 0.391. The van der Waals surface area contributed by atoms with Crippen LogP contribution in [0.5, 0.6) is 0 Å².